The normalized spacial score (nSPS) is 12.8. The van der Waals surface area contributed by atoms with Crippen LogP contribution in [0.25, 0.3) is 0 Å². The quantitative estimate of drug-likeness (QED) is 0.508. The SMILES string of the molecule is Cc1ccccc1CN(C(=O)COc1ccc(C(C)(C)C)cc1Br)C(C)C(=O)NC(C)(C)C. The van der Waals surface area contributed by atoms with Crippen LogP contribution in [0.2, 0.25) is 0 Å². The van der Waals surface area contributed by atoms with Crippen LogP contribution in [0.1, 0.15) is 65.2 Å². The maximum atomic E-state index is 13.3. The Labute approximate surface area is 207 Å². The first-order valence-electron chi connectivity index (χ1n) is 11.3. The molecule has 0 spiro atoms. The van der Waals surface area contributed by atoms with Crippen molar-refractivity contribution in [2.75, 3.05) is 6.61 Å². The van der Waals surface area contributed by atoms with E-state index >= 15 is 0 Å². The highest BCUT2D eigenvalue weighted by Crippen LogP contribution is 2.31. The van der Waals surface area contributed by atoms with Gasteiger partial charge in [-0.2, -0.15) is 0 Å². The number of hydrogen-bond donors (Lipinski definition) is 1. The number of aryl methyl sites for hydroxylation is 1. The molecule has 0 fully saturated rings. The third-order valence-electron chi connectivity index (χ3n) is 5.42. The summed E-state index contributed by atoms with van der Waals surface area (Å²) >= 11 is 3.56. The zero-order valence-electron chi connectivity index (χ0n) is 21.1. The predicted molar refractivity (Wildman–Crippen MR) is 137 cm³/mol. The van der Waals surface area contributed by atoms with Crippen LogP contribution < -0.4 is 10.1 Å². The van der Waals surface area contributed by atoms with Crippen molar-refractivity contribution in [3.8, 4) is 5.75 Å². The van der Waals surface area contributed by atoms with Crippen molar-refractivity contribution in [2.24, 2.45) is 0 Å². The van der Waals surface area contributed by atoms with Gasteiger partial charge in [-0.15, -0.1) is 0 Å². The summed E-state index contributed by atoms with van der Waals surface area (Å²) in [5.41, 5.74) is 2.86. The first-order valence-corrected chi connectivity index (χ1v) is 12.1. The lowest BCUT2D eigenvalue weighted by molar-refractivity contribution is -0.142. The number of carbonyl (C=O) groups excluding carboxylic acids is 2. The Bertz CT molecular complexity index is 990. The molecule has 6 heteroatoms. The smallest absolute Gasteiger partial charge is 0.261 e. The fraction of sp³-hybridized carbons (Fsp3) is 0.481. The molecule has 2 aromatic carbocycles. The molecule has 0 saturated heterocycles. The topological polar surface area (TPSA) is 58.6 Å². The highest BCUT2D eigenvalue weighted by molar-refractivity contribution is 9.10. The van der Waals surface area contributed by atoms with Crippen LogP contribution in [0.4, 0.5) is 0 Å². The van der Waals surface area contributed by atoms with E-state index in [0.29, 0.717) is 12.3 Å². The zero-order chi connectivity index (χ0) is 25.0. The van der Waals surface area contributed by atoms with E-state index in [4.69, 9.17) is 4.74 Å². The highest BCUT2D eigenvalue weighted by atomic mass is 79.9. The minimum atomic E-state index is -0.647. The Hall–Kier alpha value is -2.34. The second kappa shape index (κ2) is 10.7. The van der Waals surface area contributed by atoms with Gasteiger partial charge in [0, 0.05) is 12.1 Å². The molecule has 0 saturated carbocycles. The molecule has 0 bridgehead atoms. The van der Waals surface area contributed by atoms with Gasteiger partial charge < -0.3 is 15.0 Å². The number of benzene rings is 2. The molecule has 0 aliphatic heterocycles. The number of carbonyl (C=O) groups is 2. The van der Waals surface area contributed by atoms with Crippen molar-refractivity contribution in [1.29, 1.82) is 0 Å². The van der Waals surface area contributed by atoms with Gasteiger partial charge in [0.1, 0.15) is 11.8 Å². The maximum Gasteiger partial charge on any atom is 0.261 e. The van der Waals surface area contributed by atoms with Crippen molar-refractivity contribution < 1.29 is 14.3 Å². The molecule has 0 aromatic heterocycles. The van der Waals surface area contributed by atoms with Gasteiger partial charge in [-0.05, 0) is 84.8 Å². The first-order chi connectivity index (χ1) is 15.2. The average Bonchev–Trinajstić information content (AvgIpc) is 2.69. The van der Waals surface area contributed by atoms with Crippen molar-refractivity contribution in [2.45, 2.75) is 78.9 Å². The number of ether oxygens (including phenoxy) is 1. The Balaban J connectivity index is 2.22. The molecule has 2 aromatic rings. The van der Waals surface area contributed by atoms with Gasteiger partial charge in [0.2, 0.25) is 5.91 Å². The lowest BCUT2D eigenvalue weighted by atomic mass is 9.87. The van der Waals surface area contributed by atoms with Crippen molar-refractivity contribution in [3.05, 3.63) is 63.6 Å². The van der Waals surface area contributed by atoms with E-state index in [-0.39, 0.29) is 29.4 Å². The Morgan fingerprint density at radius 1 is 1.06 bits per heavy atom. The molecule has 0 aliphatic rings. The fourth-order valence-corrected chi connectivity index (χ4v) is 3.83. The predicted octanol–water partition coefficient (Wildman–Crippen LogP) is 5.77. The largest absolute Gasteiger partial charge is 0.483 e. The molecular formula is C27H37BrN2O3. The van der Waals surface area contributed by atoms with Crippen LogP contribution in [0, 0.1) is 6.92 Å². The third kappa shape index (κ3) is 7.88. The van der Waals surface area contributed by atoms with E-state index in [9.17, 15) is 9.59 Å². The van der Waals surface area contributed by atoms with Crippen molar-refractivity contribution in [3.63, 3.8) is 0 Å². The minimum Gasteiger partial charge on any atom is -0.483 e. The van der Waals surface area contributed by atoms with Gasteiger partial charge in [-0.25, -0.2) is 0 Å². The molecule has 1 unspecified atom stereocenters. The van der Waals surface area contributed by atoms with Crippen LogP contribution in [0.3, 0.4) is 0 Å². The zero-order valence-corrected chi connectivity index (χ0v) is 22.7. The van der Waals surface area contributed by atoms with E-state index < -0.39 is 6.04 Å². The van der Waals surface area contributed by atoms with Gasteiger partial charge in [0.15, 0.2) is 6.61 Å². The molecular weight excluding hydrogens is 480 g/mol. The van der Waals surface area contributed by atoms with Gasteiger partial charge >= 0.3 is 0 Å². The van der Waals surface area contributed by atoms with E-state index in [1.807, 2.05) is 70.2 Å². The summed E-state index contributed by atoms with van der Waals surface area (Å²) in [5.74, 6) is 0.153. The van der Waals surface area contributed by atoms with Gasteiger partial charge in [0.05, 0.1) is 4.47 Å². The Morgan fingerprint density at radius 3 is 2.24 bits per heavy atom. The summed E-state index contributed by atoms with van der Waals surface area (Å²) in [4.78, 5) is 27.8. The second-order valence-electron chi connectivity index (χ2n) is 10.5. The monoisotopic (exact) mass is 516 g/mol. The van der Waals surface area contributed by atoms with E-state index in [1.54, 1.807) is 11.8 Å². The van der Waals surface area contributed by atoms with Crippen LogP contribution >= 0.6 is 15.9 Å². The Kier molecular flexibility index (Phi) is 8.75. The minimum absolute atomic E-state index is 0.0110. The molecule has 2 amide bonds. The van der Waals surface area contributed by atoms with Crippen LogP contribution in [0.5, 0.6) is 5.75 Å². The molecule has 1 atom stereocenters. The highest BCUT2D eigenvalue weighted by Gasteiger charge is 2.29. The van der Waals surface area contributed by atoms with Crippen LogP contribution in [0.15, 0.2) is 46.9 Å². The molecule has 0 aliphatic carbocycles. The molecule has 1 N–H and O–H groups in total. The van der Waals surface area contributed by atoms with Crippen LogP contribution in [-0.2, 0) is 21.5 Å². The lowest BCUT2D eigenvalue weighted by Crippen LogP contribution is -2.53. The summed E-state index contributed by atoms with van der Waals surface area (Å²) in [6.07, 6.45) is 0. The van der Waals surface area contributed by atoms with E-state index in [0.717, 1.165) is 15.6 Å². The van der Waals surface area contributed by atoms with Gasteiger partial charge in [-0.3, -0.25) is 9.59 Å². The number of hydrogen-bond acceptors (Lipinski definition) is 3. The number of nitrogens with one attached hydrogen (secondary N) is 1. The van der Waals surface area contributed by atoms with Gasteiger partial charge in [0.25, 0.3) is 5.91 Å². The van der Waals surface area contributed by atoms with E-state index in [1.165, 1.54) is 5.56 Å². The molecule has 2 rings (SSSR count). The van der Waals surface area contributed by atoms with Gasteiger partial charge in [-0.1, -0.05) is 51.1 Å². The summed E-state index contributed by atoms with van der Waals surface area (Å²) in [5, 5.41) is 2.98. The molecule has 0 heterocycles. The number of nitrogens with zero attached hydrogens (tertiary/aromatic N) is 1. The fourth-order valence-electron chi connectivity index (χ4n) is 3.33. The third-order valence-corrected chi connectivity index (χ3v) is 6.04. The average molecular weight is 518 g/mol. The molecule has 5 nitrogen and oxygen atoms in total. The molecule has 0 radical (unpaired) electrons. The maximum absolute atomic E-state index is 13.3. The van der Waals surface area contributed by atoms with Crippen LogP contribution in [-0.4, -0.2) is 34.9 Å². The van der Waals surface area contributed by atoms with Crippen molar-refractivity contribution in [1.82, 2.24) is 10.2 Å². The van der Waals surface area contributed by atoms with Crippen molar-refractivity contribution >= 4 is 27.7 Å². The molecule has 33 heavy (non-hydrogen) atoms. The summed E-state index contributed by atoms with van der Waals surface area (Å²) in [7, 11) is 0. The summed E-state index contributed by atoms with van der Waals surface area (Å²) in [6.45, 7) is 16.1. The summed E-state index contributed by atoms with van der Waals surface area (Å²) in [6, 6.07) is 13.1. The number of rotatable bonds is 7. The first kappa shape index (κ1) is 26.9. The second-order valence-corrected chi connectivity index (χ2v) is 11.4. The Morgan fingerprint density at radius 2 is 1.70 bits per heavy atom. The lowest BCUT2D eigenvalue weighted by Gasteiger charge is -2.31. The number of amides is 2. The standard InChI is InChI=1S/C27H37BrN2O3/c1-18-11-9-10-12-20(18)16-30(19(2)25(32)29-27(6,7)8)24(31)17-33-23-14-13-21(15-22(23)28)26(3,4)5/h9-15,19H,16-17H2,1-8H3,(H,29,32). The summed E-state index contributed by atoms with van der Waals surface area (Å²) < 4.78 is 6.67. The number of halogens is 1. The molecule has 180 valence electrons. The van der Waals surface area contributed by atoms with E-state index in [2.05, 4.69) is 42.0 Å².